The Morgan fingerprint density at radius 1 is 1.14 bits per heavy atom. The molecule has 22 heavy (non-hydrogen) atoms. The molecule has 0 bridgehead atoms. The molecule has 0 unspecified atom stereocenters. The van der Waals surface area contributed by atoms with Gasteiger partial charge >= 0.3 is 0 Å². The van der Waals surface area contributed by atoms with E-state index < -0.39 is 11.6 Å². The molecular weight excluding hydrogens is 284 g/mol. The number of rotatable bonds is 4. The molecule has 1 saturated heterocycles. The van der Waals surface area contributed by atoms with Gasteiger partial charge in [-0.15, -0.1) is 0 Å². The van der Waals surface area contributed by atoms with Crippen LogP contribution in [0.25, 0.3) is 0 Å². The molecule has 1 aliphatic heterocycles. The third kappa shape index (κ3) is 3.60. The van der Waals surface area contributed by atoms with Gasteiger partial charge in [0.1, 0.15) is 5.82 Å². The second-order valence-electron chi connectivity index (χ2n) is 5.93. The SMILES string of the molecule is Nc1cc(CN2CC[C@H](Cc3ccc(F)c(F)c3)C2)ccn1. The van der Waals surface area contributed by atoms with Gasteiger partial charge in [-0.1, -0.05) is 6.07 Å². The predicted octanol–water partition coefficient (Wildman–Crippen LogP) is 3.01. The molecule has 2 heterocycles. The van der Waals surface area contributed by atoms with Crippen molar-refractivity contribution in [1.82, 2.24) is 9.88 Å². The van der Waals surface area contributed by atoms with E-state index in [4.69, 9.17) is 5.73 Å². The zero-order valence-electron chi connectivity index (χ0n) is 12.3. The van der Waals surface area contributed by atoms with E-state index in [0.29, 0.717) is 11.7 Å². The molecule has 2 aromatic rings. The molecule has 3 rings (SSSR count). The maximum absolute atomic E-state index is 13.3. The highest BCUT2D eigenvalue weighted by molar-refractivity contribution is 5.31. The number of nitrogens with two attached hydrogens (primary N) is 1. The molecule has 0 saturated carbocycles. The molecular formula is C17H19F2N3. The summed E-state index contributed by atoms with van der Waals surface area (Å²) in [6, 6.07) is 8.05. The summed E-state index contributed by atoms with van der Waals surface area (Å²) in [6.45, 7) is 2.82. The van der Waals surface area contributed by atoms with Crippen molar-refractivity contribution in [3.63, 3.8) is 0 Å². The Morgan fingerprint density at radius 2 is 2.00 bits per heavy atom. The summed E-state index contributed by atoms with van der Waals surface area (Å²) in [5.41, 5.74) is 7.71. The number of pyridine rings is 1. The summed E-state index contributed by atoms with van der Waals surface area (Å²) in [4.78, 5) is 6.35. The van der Waals surface area contributed by atoms with E-state index in [1.807, 2.05) is 12.1 Å². The van der Waals surface area contributed by atoms with Crippen molar-refractivity contribution in [3.05, 3.63) is 59.3 Å². The summed E-state index contributed by atoms with van der Waals surface area (Å²) in [5, 5.41) is 0. The van der Waals surface area contributed by atoms with Gasteiger partial charge in [0, 0.05) is 19.3 Å². The normalized spacial score (nSPS) is 18.7. The minimum atomic E-state index is -0.785. The highest BCUT2D eigenvalue weighted by atomic mass is 19.2. The number of hydrogen-bond donors (Lipinski definition) is 1. The molecule has 0 aliphatic carbocycles. The lowest BCUT2D eigenvalue weighted by molar-refractivity contribution is 0.316. The third-order valence-corrected chi connectivity index (χ3v) is 4.13. The van der Waals surface area contributed by atoms with Crippen LogP contribution in [0, 0.1) is 17.6 Å². The fourth-order valence-corrected chi connectivity index (χ4v) is 3.07. The van der Waals surface area contributed by atoms with Crippen LogP contribution in [0.1, 0.15) is 17.5 Å². The molecule has 1 aromatic heterocycles. The topological polar surface area (TPSA) is 42.1 Å². The van der Waals surface area contributed by atoms with Crippen molar-refractivity contribution in [2.75, 3.05) is 18.8 Å². The maximum Gasteiger partial charge on any atom is 0.159 e. The number of hydrogen-bond acceptors (Lipinski definition) is 3. The molecule has 1 fully saturated rings. The van der Waals surface area contributed by atoms with Gasteiger partial charge in [-0.05, 0) is 60.7 Å². The van der Waals surface area contributed by atoms with Crippen molar-refractivity contribution >= 4 is 5.82 Å². The zero-order chi connectivity index (χ0) is 15.5. The molecule has 116 valence electrons. The van der Waals surface area contributed by atoms with Gasteiger partial charge in [-0.3, -0.25) is 4.90 Å². The average Bonchev–Trinajstić information content (AvgIpc) is 2.90. The van der Waals surface area contributed by atoms with Gasteiger partial charge in [0.15, 0.2) is 11.6 Å². The molecule has 0 amide bonds. The molecule has 1 atom stereocenters. The summed E-state index contributed by atoms with van der Waals surface area (Å²) >= 11 is 0. The smallest absolute Gasteiger partial charge is 0.159 e. The van der Waals surface area contributed by atoms with Gasteiger partial charge in [-0.25, -0.2) is 13.8 Å². The Labute approximate surface area is 128 Å². The van der Waals surface area contributed by atoms with E-state index in [-0.39, 0.29) is 0 Å². The number of anilines is 1. The maximum atomic E-state index is 13.3. The standard InChI is InChI=1S/C17H19F2N3/c18-15-2-1-12(8-16(15)19)7-14-4-6-22(11-14)10-13-3-5-21-17(20)9-13/h1-3,5,8-9,14H,4,6-7,10-11H2,(H2,20,21)/t14-/m1/s1. The van der Waals surface area contributed by atoms with Crippen LogP contribution >= 0.6 is 0 Å². The van der Waals surface area contributed by atoms with E-state index in [1.54, 1.807) is 12.3 Å². The molecule has 1 aromatic carbocycles. The fraction of sp³-hybridized carbons (Fsp3) is 0.353. The number of aromatic nitrogens is 1. The first-order valence-electron chi connectivity index (χ1n) is 7.47. The first-order valence-corrected chi connectivity index (χ1v) is 7.47. The van der Waals surface area contributed by atoms with Gasteiger partial charge in [0.25, 0.3) is 0 Å². The minimum Gasteiger partial charge on any atom is -0.384 e. The molecule has 3 nitrogen and oxygen atoms in total. The Morgan fingerprint density at radius 3 is 2.77 bits per heavy atom. The lowest BCUT2D eigenvalue weighted by atomic mass is 9.98. The second-order valence-corrected chi connectivity index (χ2v) is 5.93. The van der Waals surface area contributed by atoms with E-state index >= 15 is 0 Å². The number of benzene rings is 1. The minimum absolute atomic E-state index is 0.476. The van der Waals surface area contributed by atoms with Crippen LogP contribution in [0.5, 0.6) is 0 Å². The van der Waals surface area contributed by atoms with E-state index in [1.165, 1.54) is 12.1 Å². The Hall–Kier alpha value is -2.01. The van der Waals surface area contributed by atoms with Crippen LogP contribution in [0.2, 0.25) is 0 Å². The fourth-order valence-electron chi connectivity index (χ4n) is 3.07. The second kappa shape index (κ2) is 6.40. The van der Waals surface area contributed by atoms with E-state index in [0.717, 1.165) is 43.6 Å². The van der Waals surface area contributed by atoms with Gasteiger partial charge in [-0.2, -0.15) is 0 Å². The summed E-state index contributed by atoms with van der Waals surface area (Å²) in [5.74, 6) is -0.536. The van der Waals surface area contributed by atoms with Crippen molar-refractivity contribution in [2.24, 2.45) is 5.92 Å². The monoisotopic (exact) mass is 303 g/mol. The van der Waals surface area contributed by atoms with Crippen molar-refractivity contribution in [3.8, 4) is 0 Å². The van der Waals surface area contributed by atoms with E-state index in [2.05, 4.69) is 9.88 Å². The predicted molar refractivity (Wildman–Crippen MR) is 82.1 cm³/mol. The van der Waals surface area contributed by atoms with Crippen LogP contribution in [0.15, 0.2) is 36.5 Å². The number of likely N-dealkylation sites (tertiary alicyclic amines) is 1. The number of nitrogen functional groups attached to an aromatic ring is 1. The molecule has 1 aliphatic rings. The molecule has 2 N–H and O–H groups in total. The number of halogens is 2. The highest BCUT2D eigenvalue weighted by Crippen LogP contribution is 2.23. The van der Waals surface area contributed by atoms with Gasteiger partial charge < -0.3 is 5.73 Å². The van der Waals surface area contributed by atoms with Crippen molar-refractivity contribution < 1.29 is 8.78 Å². The van der Waals surface area contributed by atoms with Crippen LogP contribution in [-0.2, 0) is 13.0 Å². The largest absolute Gasteiger partial charge is 0.384 e. The number of nitrogens with zero attached hydrogens (tertiary/aromatic N) is 2. The average molecular weight is 303 g/mol. The lowest BCUT2D eigenvalue weighted by Gasteiger charge is -2.16. The van der Waals surface area contributed by atoms with Crippen molar-refractivity contribution in [2.45, 2.75) is 19.4 Å². The van der Waals surface area contributed by atoms with Gasteiger partial charge in [0.05, 0.1) is 0 Å². The van der Waals surface area contributed by atoms with Crippen LogP contribution in [0.3, 0.4) is 0 Å². The molecule has 5 heteroatoms. The highest BCUT2D eigenvalue weighted by Gasteiger charge is 2.23. The quantitative estimate of drug-likeness (QED) is 0.944. The first-order chi connectivity index (χ1) is 10.6. The van der Waals surface area contributed by atoms with Gasteiger partial charge in [0.2, 0.25) is 0 Å². The summed E-state index contributed by atoms with van der Waals surface area (Å²) in [6.07, 6.45) is 3.57. The van der Waals surface area contributed by atoms with Crippen LogP contribution in [0.4, 0.5) is 14.6 Å². The van der Waals surface area contributed by atoms with Crippen molar-refractivity contribution in [1.29, 1.82) is 0 Å². The Bertz CT molecular complexity index is 660. The third-order valence-electron chi connectivity index (χ3n) is 4.13. The Balaban J connectivity index is 1.57. The summed E-state index contributed by atoms with van der Waals surface area (Å²) < 4.78 is 26.2. The summed E-state index contributed by atoms with van der Waals surface area (Å²) in [7, 11) is 0. The zero-order valence-corrected chi connectivity index (χ0v) is 12.3. The van der Waals surface area contributed by atoms with E-state index in [9.17, 15) is 8.78 Å². The molecule has 0 radical (unpaired) electrons. The lowest BCUT2D eigenvalue weighted by Crippen LogP contribution is -2.20. The first kappa shape index (κ1) is 14.9. The van der Waals surface area contributed by atoms with Crippen LogP contribution in [-0.4, -0.2) is 23.0 Å². The molecule has 0 spiro atoms. The Kier molecular flexibility index (Phi) is 4.34. The van der Waals surface area contributed by atoms with Crippen LogP contribution < -0.4 is 5.73 Å².